The minimum absolute atomic E-state index is 0.390. The van der Waals surface area contributed by atoms with Crippen LogP contribution in [0.3, 0.4) is 0 Å². The standard InChI is InChI=1S/C23H29BrN2O4/c1-14(2)10-11-29-21-9-7-18(13-20(21)24)23(28)26-25-22(27)17(5)30-19-8-6-15(3)16(4)12-19/h6-9,12-14,17H,10-11H2,1-5H3,(H,25,27)(H,26,28). The SMILES string of the molecule is Cc1ccc(OC(C)C(=O)NNC(=O)c2ccc(OCCC(C)C)c(Br)c2)cc1C. The number of amides is 2. The molecule has 0 radical (unpaired) electrons. The summed E-state index contributed by atoms with van der Waals surface area (Å²) in [6.07, 6.45) is 0.180. The van der Waals surface area contributed by atoms with Gasteiger partial charge in [-0.25, -0.2) is 0 Å². The predicted molar refractivity (Wildman–Crippen MR) is 121 cm³/mol. The molecule has 0 heterocycles. The third-order valence-electron chi connectivity index (χ3n) is 4.61. The lowest BCUT2D eigenvalue weighted by atomic mass is 10.1. The molecule has 0 bridgehead atoms. The number of nitrogens with one attached hydrogen (secondary N) is 2. The lowest BCUT2D eigenvalue weighted by Gasteiger charge is -2.16. The molecule has 0 saturated carbocycles. The number of rotatable bonds is 8. The highest BCUT2D eigenvalue weighted by Crippen LogP contribution is 2.26. The quantitative estimate of drug-likeness (QED) is 0.540. The summed E-state index contributed by atoms with van der Waals surface area (Å²) in [5, 5.41) is 0. The predicted octanol–water partition coefficient (Wildman–Crippen LogP) is 4.72. The summed E-state index contributed by atoms with van der Waals surface area (Å²) in [4.78, 5) is 24.6. The molecule has 30 heavy (non-hydrogen) atoms. The monoisotopic (exact) mass is 476 g/mol. The number of hydrogen-bond acceptors (Lipinski definition) is 4. The Balaban J connectivity index is 1.87. The van der Waals surface area contributed by atoms with Crippen LogP contribution in [-0.4, -0.2) is 24.5 Å². The number of hydrogen-bond donors (Lipinski definition) is 2. The molecule has 0 aliphatic heterocycles. The number of halogens is 1. The molecule has 0 spiro atoms. The maximum atomic E-state index is 12.4. The van der Waals surface area contributed by atoms with Gasteiger partial charge < -0.3 is 9.47 Å². The minimum Gasteiger partial charge on any atom is -0.492 e. The number of ether oxygens (including phenoxy) is 2. The van der Waals surface area contributed by atoms with E-state index in [1.807, 2.05) is 32.0 Å². The Labute approximate surface area is 186 Å². The van der Waals surface area contributed by atoms with Crippen molar-refractivity contribution < 1.29 is 19.1 Å². The first-order valence-electron chi connectivity index (χ1n) is 9.93. The van der Waals surface area contributed by atoms with E-state index in [1.54, 1.807) is 25.1 Å². The largest absolute Gasteiger partial charge is 0.492 e. The summed E-state index contributed by atoms with van der Waals surface area (Å²) < 4.78 is 12.0. The van der Waals surface area contributed by atoms with Gasteiger partial charge in [-0.2, -0.15) is 0 Å². The molecule has 2 rings (SSSR count). The van der Waals surface area contributed by atoms with Crippen molar-refractivity contribution in [2.24, 2.45) is 5.92 Å². The van der Waals surface area contributed by atoms with Crippen molar-refractivity contribution in [1.82, 2.24) is 10.9 Å². The maximum absolute atomic E-state index is 12.4. The Morgan fingerprint density at radius 3 is 2.37 bits per heavy atom. The van der Waals surface area contributed by atoms with Crippen LogP contribution in [0.25, 0.3) is 0 Å². The van der Waals surface area contributed by atoms with Crippen LogP contribution < -0.4 is 20.3 Å². The molecule has 2 amide bonds. The first-order chi connectivity index (χ1) is 14.2. The van der Waals surface area contributed by atoms with Crippen LogP contribution in [0, 0.1) is 19.8 Å². The van der Waals surface area contributed by atoms with Crippen LogP contribution in [0.15, 0.2) is 40.9 Å². The van der Waals surface area contributed by atoms with Crippen molar-refractivity contribution in [3.05, 3.63) is 57.6 Å². The Bertz CT molecular complexity index is 899. The van der Waals surface area contributed by atoms with E-state index in [1.165, 1.54) is 0 Å². The van der Waals surface area contributed by atoms with Gasteiger partial charge in [-0.05, 0) is 90.5 Å². The Hall–Kier alpha value is -2.54. The molecule has 7 heteroatoms. The zero-order chi connectivity index (χ0) is 22.3. The van der Waals surface area contributed by atoms with Gasteiger partial charge in [-0.3, -0.25) is 20.4 Å². The molecule has 162 valence electrons. The van der Waals surface area contributed by atoms with E-state index < -0.39 is 17.9 Å². The van der Waals surface area contributed by atoms with Crippen molar-refractivity contribution in [3.63, 3.8) is 0 Å². The van der Waals surface area contributed by atoms with E-state index >= 15 is 0 Å². The number of aryl methyl sites for hydroxylation is 2. The van der Waals surface area contributed by atoms with Crippen LogP contribution in [-0.2, 0) is 4.79 Å². The fourth-order valence-corrected chi connectivity index (χ4v) is 2.99. The van der Waals surface area contributed by atoms with Gasteiger partial charge in [-0.1, -0.05) is 19.9 Å². The van der Waals surface area contributed by atoms with Crippen LogP contribution in [0.2, 0.25) is 0 Å². The second-order valence-corrected chi connectivity index (χ2v) is 8.48. The van der Waals surface area contributed by atoms with E-state index in [0.717, 1.165) is 17.5 Å². The minimum atomic E-state index is -0.768. The Kier molecular flexibility index (Phi) is 8.72. The van der Waals surface area contributed by atoms with Gasteiger partial charge in [0.1, 0.15) is 11.5 Å². The average Bonchev–Trinajstić information content (AvgIpc) is 2.69. The fraction of sp³-hybridized carbons (Fsp3) is 0.391. The van der Waals surface area contributed by atoms with E-state index in [-0.39, 0.29) is 0 Å². The average molecular weight is 477 g/mol. The van der Waals surface area contributed by atoms with Crippen molar-refractivity contribution in [1.29, 1.82) is 0 Å². The summed E-state index contributed by atoms with van der Waals surface area (Å²) in [6.45, 7) is 10.5. The van der Waals surface area contributed by atoms with Crippen LogP contribution in [0.1, 0.15) is 48.7 Å². The van der Waals surface area contributed by atoms with Gasteiger partial charge in [0, 0.05) is 5.56 Å². The number of carbonyl (C=O) groups is 2. The molecular formula is C23H29BrN2O4. The van der Waals surface area contributed by atoms with Crippen LogP contribution in [0.4, 0.5) is 0 Å². The molecule has 2 N–H and O–H groups in total. The molecule has 1 atom stereocenters. The van der Waals surface area contributed by atoms with Gasteiger partial charge in [-0.15, -0.1) is 0 Å². The van der Waals surface area contributed by atoms with Crippen molar-refractivity contribution in [3.8, 4) is 11.5 Å². The molecular weight excluding hydrogens is 448 g/mol. The van der Waals surface area contributed by atoms with E-state index in [0.29, 0.717) is 34.1 Å². The molecule has 0 aliphatic carbocycles. The number of carbonyl (C=O) groups excluding carboxylic acids is 2. The summed E-state index contributed by atoms with van der Waals surface area (Å²) in [7, 11) is 0. The first-order valence-corrected chi connectivity index (χ1v) is 10.7. The topological polar surface area (TPSA) is 76.7 Å². The number of benzene rings is 2. The molecule has 2 aromatic carbocycles. The normalized spacial score (nSPS) is 11.7. The summed E-state index contributed by atoms with van der Waals surface area (Å²) in [5.74, 6) is 0.944. The number of hydrazine groups is 1. The van der Waals surface area contributed by atoms with E-state index in [4.69, 9.17) is 9.47 Å². The smallest absolute Gasteiger partial charge is 0.279 e. The molecule has 2 aromatic rings. The summed E-state index contributed by atoms with van der Waals surface area (Å²) in [6, 6.07) is 10.7. The third kappa shape index (κ3) is 7.06. The van der Waals surface area contributed by atoms with E-state index in [9.17, 15) is 9.59 Å². The molecule has 0 fully saturated rings. The Morgan fingerprint density at radius 2 is 1.73 bits per heavy atom. The third-order valence-corrected chi connectivity index (χ3v) is 5.23. The lowest BCUT2D eigenvalue weighted by molar-refractivity contribution is -0.128. The van der Waals surface area contributed by atoms with Crippen LogP contribution >= 0.6 is 15.9 Å². The van der Waals surface area contributed by atoms with Gasteiger partial charge in [0.15, 0.2) is 6.10 Å². The van der Waals surface area contributed by atoms with Gasteiger partial charge in [0.05, 0.1) is 11.1 Å². The summed E-state index contributed by atoms with van der Waals surface area (Å²) >= 11 is 3.42. The summed E-state index contributed by atoms with van der Waals surface area (Å²) in [5.41, 5.74) is 7.42. The highest BCUT2D eigenvalue weighted by Gasteiger charge is 2.17. The molecule has 0 aromatic heterocycles. The van der Waals surface area contributed by atoms with Gasteiger partial charge in [0.2, 0.25) is 0 Å². The highest BCUT2D eigenvalue weighted by molar-refractivity contribution is 9.10. The van der Waals surface area contributed by atoms with Crippen LogP contribution in [0.5, 0.6) is 11.5 Å². The maximum Gasteiger partial charge on any atom is 0.279 e. The molecule has 0 aliphatic rings. The van der Waals surface area contributed by atoms with Crippen molar-refractivity contribution >= 4 is 27.7 Å². The lowest BCUT2D eigenvalue weighted by Crippen LogP contribution is -2.47. The first kappa shape index (κ1) is 23.7. The molecule has 1 unspecified atom stereocenters. The zero-order valence-electron chi connectivity index (χ0n) is 18.0. The second kappa shape index (κ2) is 11.0. The van der Waals surface area contributed by atoms with Crippen molar-refractivity contribution in [2.45, 2.75) is 47.1 Å². The Morgan fingerprint density at radius 1 is 1.00 bits per heavy atom. The fourth-order valence-electron chi connectivity index (χ4n) is 2.50. The van der Waals surface area contributed by atoms with Gasteiger partial charge >= 0.3 is 0 Å². The molecule has 0 saturated heterocycles. The molecule has 6 nitrogen and oxygen atoms in total. The second-order valence-electron chi connectivity index (χ2n) is 7.63. The zero-order valence-corrected chi connectivity index (χ0v) is 19.6. The van der Waals surface area contributed by atoms with E-state index in [2.05, 4.69) is 40.6 Å². The van der Waals surface area contributed by atoms with Crippen molar-refractivity contribution in [2.75, 3.05) is 6.61 Å². The highest BCUT2D eigenvalue weighted by atomic mass is 79.9. The van der Waals surface area contributed by atoms with Gasteiger partial charge in [0.25, 0.3) is 11.8 Å².